The highest BCUT2D eigenvalue weighted by Crippen LogP contribution is 2.24. The highest BCUT2D eigenvalue weighted by molar-refractivity contribution is 5.84. The molecule has 1 saturated heterocycles. The molecule has 0 unspecified atom stereocenters. The molecule has 4 rings (SSSR count). The van der Waals surface area contributed by atoms with Gasteiger partial charge in [-0.25, -0.2) is 9.97 Å². The number of piperidine rings is 1. The Hall–Kier alpha value is -2.73. The number of aromatic nitrogens is 3. The van der Waals surface area contributed by atoms with Crippen molar-refractivity contribution in [2.24, 2.45) is 0 Å². The van der Waals surface area contributed by atoms with E-state index in [1.807, 2.05) is 24.3 Å². The average Bonchev–Trinajstić information content (AvgIpc) is 2.68. The van der Waals surface area contributed by atoms with Gasteiger partial charge in [-0.15, -0.1) is 0 Å². The predicted molar refractivity (Wildman–Crippen MR) is 98.8 cm³/mol. The van der Waals surface area contributed by atoms with Crippen LogP contribution in [-0.2, 0) is 0 Å². The molecule has 2 N–H and O–H groups in total. The third kappa shape index (κ3) is 3.53. The number of fused-ring (bicyclic) bond motifs is 1. The highest BCUT2D eigenvalue weighted by Gasteiger charge is 2.13. The van der Waals surface area contributed by atoms with E-state index in [2.05, 4.69) is 26.7 Å². The van der Waals surface area contributed by atoms with Crippen LogP contribution in [0.3, 0.4) is 0 Å². The van der Waals surface area contributed by atoms with Crippen molar-refractivity contribution in [1.29, 1.82) is 0 Å². The lowest BCUT2D eigenvalue weighted by molar-refractivity contribution is 0.399. The van der Waals surface area contributed by atoms with Gasteiger partial charge in [0.25, 0.3) is 0 Å². The van der Waals surface area contributed by atoms with Gasteiger partial charge in [-0.1, -0.05) is 6.07 Å². The van der Waals surface area contributed by atoms with Crippen LogP contribution in [0.25, 0.3) is 22.2 Å². The maximum atomic E-state index is 5.18. The van der Waals surface area contributed by atoms with Gasteiger partial charge in [0, 0.05) is 23.1 Å². The lowest BCUT2D eigenvalue weighted by Gasteiger charge is -2.24. The molecule has 1 fully saturated rings. The van der Waals surface area contributed by atoms with Gasteiger partial charge in [-0.2, -0.15) is 0 Å². The Balaban J connectivity index is 1.60. The van der Waals surface area contributed by atoms with Gasteiger partial charge in [0.05, 0.1) is 30.7 Å². The Morgan fingerprint density at radius 2 is 1.96 bits per heavy atom. The molecular formula is C19H21N5O. The third-order valence-electron chi connectivity index (χ3n) is 4.49. The number of anilines is 1. The maximum absolute atomic E-state index is 5.18. The van der Waals surface area contributed by atoms with Crippen molar-refractivity contribution in [3.8, 4) is 17.1 Å². The van der Waals surface area contributed by atoms with E-state index in [0.717, 1.165) is 53.9 Å². The van der Waals surface area contributed by atoms with Gasteiger partial charge in [0.2, 0.25) is 5.88 Å². The molecule has 0 aliphatic carbocycles. The zero-order valence-electron chi connectivity index (χ0n) is 14.2. The van der Waals surface area contributed by atoms with Crippen LogP contribution in [0, 0.1) is 0 Å². The predicted octanol–water partition coefficient (Wildman–Crippen LogP) is 2.86. The maximum Gasteiger partial charge on any atom is 0.213 e. The Labute approximate surface area is 146 Å². The van der Waals surface area contributed by atoms with E-state index in [1.165, 1.54) is 0 Å². The van der Waals surface area contributed by atoms with Crippen LogP contribution in [0.1, 0.15) is 12.8 Å². The number of hydrogen-bond acceptors (Lipinski definition) is 6. The summed E-state index contributed by atoms with van der Waals surface area (Å²) >= 11 is 0. The molecule has 0 radical (unpaired) electrons. The molecule has 0 amide bonds. The van der Waals surface area contributed by atoms with Crippen molar-refractivity contribution in [2.75, 3.05) is 25.5 Å². The number of nitrogens with zero attached hydrogens (tertiary/aromatic N) is 3. The molecule has 0 saturated carbocycles. The summed E-state index contributed by atoms with van der Waals surface area (Å²) in [5, 5.41) is 7.93. The molecule has 6 nitrogen and oxygen atoms in total. The second kappa shape index (κ2) is 7.03. The summed E-state index contributed by atoms with van der Waals surface area (Å²) in [7, 11) is 1.62. The van der Waals surface area contributed by atoms with Crippen LogP contribution in [0.4, 0.5) is 5.82 Å². The van der Waals surface area contributed by atoms with E-state index in [9.17, 15) is 0 Å². The van der Waals surface area contributed by atoms with Gasteiger partial charge in [-0.05, 0) is 44.1 Å². The van der Waals surface area contributed by atoms with Crippen molar-refractivity contribution >= 4 is 16.7 Å². The fraction of sp³-hybridized carbons (Fsp3) is 0.316. The molecule has 128 valence electrons. The van der Waals surface area contributed by atoms with Gasteiger partial charge in [0.1, 0.15) is 5.82 Å². The zero-order valence-corrected chi connectivity index (χ0v) is 14.2. The number of nitrogens with one attached hydrogen (secondary N) is 2. The minimum absolute atomic E-state index is 0.457. The van der Waals surface area contributed by atoms with Gasteiger partial charge in [0.15, 0.2) is 0 Å². The molecule has 1 aliphatic heterocycles. The zero-order chi connectivity index (χ0) is 17.1. The number of methoxy groups -OCH3 is 1. The number of hydrogen-bond donors (Lipinski definition) is 2. The number of rotatable bonds is 4. The number of pyridine rings is 1. The standard InChI is InChI=1S/C19H21N5O/c1-25-19-5-3-13-10-14(2-4-16(13)24-19)17-11-21-12-18(23-17)22-15-6-8-20-9-7-15/h2-5,10-12,15,20H,6-9H2,1H3,(H,22,23). The third-order valence-corrected chi connectivity index (χ3v) is 4.49. The summed E-state index contributed by atoms with van der Waals surface area (Å²) < 4.78 is 5.18. The number of benzene rings is 1. The molecule has 25 heavy (non-hydrogen) atoms. The van der Waals surface area contributed by atoms with E-state index in [-0.39, 0.29) is 0 Å². The Morgan fingerprint density at radius 1 is 1.08 bits per heavy atom. The lowest BCUT2D eigenvalue weighted by atomic mass is 10.1. The molecule has 0 atom stereocenters. The SMILES string of the molecule is COc1ccc2cc(-c3cncc(NC4CCNCC4)n3)ccc2n1. The van der Waals surface area contributed by atoms with Crippen molar-refractivity contribution in [3.63, 3.8) is 0 Å². The Bertz CT molecular complexity index is 877. The van der Waals surface area contributed by atoms with Crippen LogP contribution in [0.2, 0.25) is 0 Å². The topological polar surface area (TPSA) is 72.0 Å². The van der Waals surface area contributed by atoms with Crippen LogP contribution in [0.5, 0.6) is 5.88 Å². The number of ether oxygens (including phenoxy) is 1. The van der Waals surface area contributed by atoms with Crippen molar-refractivity contribution < 1.29 is 4.74 Å². The summed E-state index contributed by atoms with van der Waals surface area (Å²) in [6, 6.07) is 10.4. The van der Waals surface area contributed by atoms with E-state index >= 15 is 0 Å². The van der Waals surface area contributed by atoms with E-state index < -0.39 is 0 Å². The van der Waals surface area contributed by atoms with Crippen LogP contribution < -0.4 is 15.4 Å². The van der Waals surface area contributed by atoms with Crippen molar-refractivity contribution in [1.82, 2.24) is 20.3 Å². The largest absolute Gasteiger partial charge is 0.481 e. The van der Waals surface area contributed by atoms with Gasteiger partial charge < -0.3 is 15.4 Å². The lowest BCUT2D eigenvalue weighted by Crippen LogP contribution is -2.35. The monoisotopic (exact) mass is 335 g/mol. The molecule has 3 aromatic rings. The van der Waals surface area contributed by atoms with E-state index in [0.29, 0.717) is 11.9 Å². The molecule has 6 heteroatoms. The summed E-state index contributed by atoms with van der Waals surface area (Å²) in [4.78, 5) is 13.5. The molecular weight excluding hydrogens is 314 g/mol. The average molecular weight is 335 g/mol. The van der Waals surface area contributed by atoms with E-state index in [4.69, 9.17) is 9.72 Å². The van der Waals surface area contributed by atoms with E-state index in [1.54, 1.807) is 19.5 Å². The van der Waals surface area contributed by atoms with Crippen molar-refractivity contribution in [3.05, 3.63) is 42.7 Å². The summed E-state index contributed by atoms with van der Waals surface area (Å²) in [6.45, 7) is 2.10. The second-order valence-electron chi connectivity index (χ2n) is 6.22. The van der Waals surface area contributed by atoms with Gasteiger partial charge >= 0.3 is 0 Å². The normalized spacial score (nSPS) is 15.2. The Morgan fingerprint density at radius 3 is 2.80 bits per heavy atom. The fourth-order valence-electron chi connectivity index (χ4n) is 3.13. The molecule has 2 aromatic heterocycles. The Kier molecular flexibility index (Phi) is 4.43. The summed E-state index contributed by atoms with van der Waals surface area (Å²) in [5.74, 6) is 1.45. The van der Waals surface area contributed by atoms with Crippen LogP contribution in [0.15, 0.2) is 42.7 Å². The van der Waals surface area contributed by atoms with Crippen molar-refractivity contribution in [2.45, 2.75) is 18.9 Å². The first kappa shape index (κ1) is 15.8. The first-order valence-electron chi connectivity index (χ1n) is 8.56. The molecule has 0 bridgehead atoms. The first-order valence-corrected chi connectivity index (χ1v) is 8.56. The molecule has 1 aromatic carbocycles. The fourth-order valence-corrected chi connectivity index (χ4v) is 3.13. The van der Waals surface area contributed by atoms with Crippen LogP contribution >= 0.6 is 0 Å². The molecule has 0 spiro atoms. The second-order valence-corrected chi connectivity index (χ2v) is 6.22. The summed E-state index contributed by atoms with van der Waals surface area (Å²) in [6.07, 6.45) is 5.80. The molecule has 1 aliphatic rings. The minimum atomic E-state index is 0.457. The molecule has 3 heterocycles. The van der Waals surface area contributed by atoms with Gasteiger partial charge in [-0.3, -0.25) is 4.98 Å². The first-order chi connectivity index (χ1) is 12.3. The summed E-state index contributed by atoms with van der Waals surface area (Å²) in [5.41, 5.74) is 2.79. The highest BCUT2D eigenvalue weighted by atomic mass is 16.5. The van der Waals surface area contributed by atoms with Crippen LogP contribution in [-0.4, -0.2) is 41.2 Å². The quantitative estimate of drug-likeness (QED) is 0.764. The minimum Gasteiger partial charge on any atom is -0.481 e. The smallest absolute Gasteiger partial charge is 0.213 e.